The van der Waals surface area contributed by atoms with Gasteiger partial charge in [0.15, 0.2) is 5.65 Å². The Balaban J connectivity index is 1.37. The second-order valence-electron chi connectivity index (χ2n) is 7.73. The van der Waals surface area contributed by atoms with Gasteiger partial charge in [-0.15, -0.1) is 0 Å². The number of unbranched alkanes of at least 4 members (excludes halogenated alkanes) is 1. The molecule has 7 nitrogen and oxygen atoms in total. The number of fused-ring (bicyclic) bond motifs is 1. The summed E-state index contributed by atoms with van der Waals surface area (Å²) in [5.41, 5.74) is 1.29. The van der Waals surface area contributed by atoms with Crippen molar-refractivity contribution in [2.75, 3.05) is 31.5 Å². The van der Waals surface area contributed by atoms with Crippen LogP contribution in [0.25, 0.3) is 16.7 Å². The molecule has 1 saturated heterocycles. The molecule has 0 saturated carbocycles. The molecular formula is C21H28N6O. The van der Waals surface area contributed by atoms with Crippen molar-refractivity contribution in [3.63, 3.8) is 0 Å². The van der Waals surface area contributed by atoms with Crippen molar-refractivity contribution in [1.29, 1.82) is 0 Å². The normalized spacial score (nSPS) is 17.8. The molecule has 1 atom stereocenters. The van der Waals surface area contributed by atoms with Crippen LogP contribution in [0.3, 0.4) is 0 Å². The van der Waals surface area contributed by atoms with Gasteiger partial charge in [0.05, 0.1) is 11.9 Å². The SMILES string of the molecule is CC1CCCN(CCCCNc2nc3c(cnn3-c3ccccc3)c(=O)[nH]2)C1. The first-order valence-electron chi connectivity index (χ1n) is 10.2. The second kappa shape index (κ2) is 8.56. The summed E-state index contributed by atoms with van der Waals surface area (Å²) in [6, 6.07) is 9.73. The summed E-state index contributed by atoms with van der Waals surface area (Å²) in [6.07, 6.45) is 6.44. The van der Waals surface area contributed by atoms with E-state index in [2.05, 4.69) is 32.2 Å². The van der Waals surface area contributed by atoms with E-state index in [9.17, 15) is 4.79 Å². The van der Waals surface area contributed by atoms with Crippen LogP contribution in [-0.2, 0) is 0 Å². The van der Waals surface area contributed by atoms with Crippen molar-refractivity contribution in [2.24, 2.45) is 5.92 Å². The van der Waals surface area contributed by atoms with Gasteiger partial charge < -0.3 is 10.2 Å². The number of likely N-dealkylation sites (tertiary alicyclic amines) is 1. The molecule has 2 aromatic heterocycles. The van der Waals surface area contributed by atoms with E-state index in [1.54, 1.807) is 10.9 Å². The molecule has 3 aromatic rings. The lowest BCUT2D eigenvalue weighted by Crippen LogP contribution is -2.35. The number of para-hydroxylation sites is 1. The highest BCUT2D eigenvalue weighted by atomic mass is 16.1. The fourth-order valence-corrected chi connectivity index (χ4v) is 3.92. The summed E-state index contributed by atoms with van der Waals surface area (Å²) in [4.78, 5) is 22.4. The molecule has 1 unspecified atom stereocenters. The first-order valence-corrected chi connectivity index (χ1v) is 10.2. The summed E-state index contributed by atoms with van der Waals surface area (Å²) < 4.78 is 1.70. The van der Waals surface area contributed by atoms with Crippen LogP contribution in [0.15, 0.2) is 41.3 Å². The second-order valence-corrected chi connectivity index (χ2v) is 7.73. The van der Waals surface area contributed by atoms with Gasteiger partial charge in [0.2, 0.25) is 5.95 Å². The Labute approximate surface area is 164 Å². The number of aromatic amines is 1. The Bertz CT molecular complexity index is 964. The minimum Gasteiger partial charge on any atom is -0.356 e. The zero-order chi connectivity index (χ0) is 19.3. The van der Waals surface area contributed by atoms with Gasteiger partial charge in [-0.2, -0.15) is 10.1 Å². The summed E-state index contributed by atoms with van der Waals surface area (Å²) in [5.74, 6) is 1.32. The predicted molar refractivity (Wildman–Crippen MR) is 112 cm³/mol. The summed E-state index contributed by atoms with van der Waals surface area (Å²) in [7, 11) is 0. The topological polar surface area (TPSA) is 78.8 Å². The van der Waals surface area contributed by atoms with Crippen LogP contribution in [0.2, 0.25) is 0 Å². The Morgan fingerprint density at radius 1 is 1.25 bits per heavy atom. The molecule has 1 fully saturated rings. The standard InChI is InChI=1S/C21H28N6O/c1-16-8-7-13-26(15-16)12-6-5-11-22-21-24-19-18(20(28)25-21)14-23-27(19)17-9-3-2-4-10-17/h2-4,9-10,14,16H,5-8,11-13,15H2,1H3,(H2,22,24,25,28). The van der Waals surface area contributed by atoms with Crippen LogP contribution < -0.4 is 10.9 Å². The van der Waals surface area contributed by atoms with Crippen LogP contribution in [0, 0.1) is 5.92 Å². The van der Waals surface area contributed by atoms with Crippen molar-refractivity contribution < 1.29 is 0 Å². The highest BCUT2D eigenvalue weighted by Crippen LogP contribution is 2.16. The van der Waals surface area contributed by atoms with Crippen LogP contribution >= 0.6 is 0 Å². The number of nitrogens with zero attached hydrogens (tertiary/aromatic N) is 4. The molecule has 7 heteroatoms. The van der Waals surface area contributed by atoms with Crippen molar-refractivity contribution >= 4 is 17.0 Å². The number of hydrogen-bond acceptors (Lipinski definition) is 5. The lowest BCUT2D eigenvalue weighted by atomic mass is 10.0. The van der Waals surface area contributed by atoms with E-state index in [0.29, 0.717) is 17.0 Å². The minimum absolute atomic E-state index is 0.169. The first-order chi connectivity index (χ1) is 13.7. The number of hydrogen-bond donors (Lipinski definition) is 2. The molecule has 148 valence electrons. The molecule has 0 radical (unpaired) electrons. The Hall–Kier alpha value is -2.67. The summed E-state index contributed by atoms with van der Waals surface area (Å²) in [6.45, 7) is 6.73. The van der Waals surface area contributed by atoms with Gasteiger partial charge in [0, 0.05) is 13.1 Å². The van der Waals surface area contributed by atoms with E-state index < -0.39 is 0 Å². The Kier molecular flexibility index (Phi) is 5.71. The van der Waals surface area contributed by atoms with Crippen LogP contribution in [0.4, 0.5) is 5.95 Å². The van der Waals surface area contributed by atoms with E-state index in [1.165, 1.54) is 25.9 Å². The zero-order valence-electron chi connectivity index (χ0n) is 16.4. The fourth-order valence-electron chi connectivity index (χ4n) is 3.92. The zero-order valence-corrected chi connectivity index (χ0v) is 16.4. The Morgan fingerprint density at radius 3 is 2.93 bits per heavy atom. The smallest absolute Gasteiger partial charge is 0.263 e. The highest BCUT2D eigenvalue weighted by molar-refractivity contribution is 5.76. The highest BCUT2D eigenvalue weighted by Gasteiger charge is 2.15. The van der Waals surface area contributed by atoms with Crippen molar-refractivity contribution in [1.82, 2.24) is 24.6 Å². The van der Waals surface area contributed by atoms with Crippen molar-refractivity contribution in [3.8, 4) is 5.69 Å². The molecule has 0 amide bonds. The average molecular weight is 380 g/mol. The number of H-pyrrole nitrogens is 1. The van der Waals surface area contributed by atoms with Crippen molar-refractivity contribution in [2.45, 2.75) is 32.6 Å². The maximum absolute atomic E-state index is 12.4. The van der Waals surface area contributed by atoms with Gasteiger partial charge in [-0.05, 0) is 56.8 Å². The molecule has 0 bridgehead atoms. The third-order valence-electron chi connectivity index (χ3n) is 5.37. The number of anilines is 1. The third-order valence-corrected chi connectivity index (χ3v) is 5.37. The lowest BCUT2D eigenvalue weighted by molar-refractivity contribution is 0.181. The van der Waals surface area contributed by atoms with Crippen LogP contribution in [-0.4, -0.2) is 50.8 Å². The minimum atomic E-state index is -0.169. The molecule has 1 aliphatic heterocycles. The molecule has 28 heavy (non-hydrogen) atoms. The van der Waals surface area contributed by atoms with Crippen LogP contribution in [0.5, 0.6) is 0 Å². The molecular weight excluding hydrogens is 352 g/mol. The van der Waals surface area contributed by atoms with E-state index >= 15 is 0 Å². The lowest BCUT2D eigenvalue weighted by Gasteiger charge is -2.30. The molecule has 0 spiro atoms. The maximum atomic E-state index is 12.4. The number of nitrogens with one attached hydrogen (secondary N) is 2. The summed E-state index contributed by atoms with van der Waals surface area (Å²) >= 11 is 0. The fraction of sp³-hybridized carbons (Fsp3) is 0.476. The first kappa shape index (κ1) is 18.7. The molecule has 1 aliphatic rings. The number of aromatic nitrogens is 4. The molecule has 3 heterocycles. The number of piperidine rings is 1. The van der Waals surface area contributed by atoms with Gasteiger partial charge in [0.1, 0.15) is 5.39 Å². The van der Waals surface area contributed by atoms with Gasteiger partial charge >= 0.3 is 0 Å². The van der Waals surface area contributed by atoms with Crippen LogP contribution in [0.1, 0.15) is 32.6 Å². The molecule has 1 aromatic carbocycles. The maximum Gasteiger partial charge on any atom is 0.263 e. The quantitative estimate of drug-likeness (QED) is 0.616. The third kappa shape index (κ3) is 4.25. The Morgan fingerprint density at radius 2 is 2.11 bits per heavy atom. The average Bonchev–Trinajstić information content (AvgIpc) is 3.13. The van der Waals surface area contributed by atoms with E-state index in [-0.39, 0.29) is 5.56 Å². The molecule has 4 rings (SSSR count). The van der Waals surface area contributed by atoms with Gasteiger partial charge in [0.25, 0.3) is 5.56 Å². The largest absolute Gasteiger partial charge is 0.356 e. The summed E-state index contributed by atoms with van der Waals surface area (Å²) in [5, 5.41) is 8.10. The predicted octanol–water partition coefficient (Wildman–Crippen LogP) is 3.03. The monoisotopic (exact) mass is 380 g/mol. The van der Waals surface area contributed by atoms with E-state index in [4.69, 9.17) is 0 Å². The van der Waals surface area contributed by atoms with E-state index in [0.717, 1.165) is 37.5 Å². The number of rotatable bonds is 7. The number of benzene rings is 1. The van der Waals surface area contributed by atoms with Gasteiger partial charge in [-0.1, -0.05) is 25.1 Å². The van der Waals surface area contributed by atoms with E-state index in [1.807, 2.05) is 30.3 Å². The van der Waals surface area contributed by atoms with Gasteiger partial charge in [-0.25, -0.2) is 4.68 Å². The molecule has 2 N–H and O–H groups in total. The van der Waals surface area contributed by atoms with Crippen molar-refractivity contribution in [3.05, 3.63) is 46.9 Å². The molecule has 0 aliphatic carbocycles. The van der Waals surface area contributed by atoms with Gasteiger partial charge in [-0.3, -0.25) is 9.78 Å².